The Labute approximate surface area is 151 Å². The number of carbonyl (C=O) groups is 2. The number of hydrogen-bond donors (Lipinski definition) is 1. The van der Waals surface area contributed by atoms with Gasteiger partial charge in [0.25, 0.3) is 0 Å². The van der Waals surface area contributed by atoms with Gasteiger partial charge in [-0.15, -0.1) is 11.6 Å². The normalized spacial score (nSPS) is 10.3. The number of alkyl halides is 1. The molecule has 1 heterocycles. The summed E-state index contributed by atoms with van der Waals surface area (Å²) in [5.74, 6) is -0.934. The molecule has 1 aromatic carbocycles. The molecule has 0 saturated heterocycles. The van der Waals surface area contributed by atoms with Gasteiger partial charge >= 0.3 is 12.1 Å². The second kappa shape index (κ2) is 8.23. The SMILES string of the molecule is COC(=O)c1c(-c2c(Cl)cccc2Cl)noc1NC(=O)OCCCl. The maximum absolute atomic E-state index is 12.1. The van der Waals surface area contributed by atoms with Gasteiger partial charge in [0.1, 0.15) is 12.3 Å². The van der Waals surface area contributed by atoms with Gasteiger partial charge in [0.15, 0.2) is 5.56 Å². The van der Waals surface area contributed by atoms with Crippen molar-refractivity contribution in [3.63, 3.8) is 0 Å². The molecule has 0 bridgehead atoms. The number of hydrogen-bond acceptors (Lipinski definition) is 6. The van der Waals surface area contributed by atoms with Gasteiger partial charge in [-0.25, -0.2) is 9.59 Å². The highest BCUT2D eigenvalue weighted by Crippen LogP contribution is 2.38. The maximum Gasteiger partial charge on any atom is 0.414 e. The average Bonchev–Trinajstić information content (AvgIpc) is 2.95. The molecule has 24 heavy (non-hydrogen) atoms. The number of nitrogens with one attached hydrogen (secondary N) is 1. The molecule has 2 aromatic rings. The zero-order chi connectivity index (χ0) is 17.7. The third kappa shape index (κ3) is 3.92. The Morgan fingerprint density at radius 1 is 1.29 bits per heavy atom. The minimum absolute atomic E-state index is 0.0156. The Bertz CT molecular complexity index is 743. The number of nitrogens with zero attached hydrogens (tertiary/aromatic N) is 1. The number of benzene rings is 1. The third-order valence-electron chi connectivity index (χ3n) is 2.81. The summed E-state index contributed by atoms with van der Waals surface area (Å²) in [7, 11) is 1.17. The van der Waals surface area contributed by atoms with Crippen molar-refractivity contribution in [1.29, 1.82) is 0 Å². The number of ether oxygens (including phenoxy) is 2. The van der Waals surface area contributed by atoms with E-state index in [0.29, 0.717) is 0 Å². The molecule has 10 heteroatoms. The van der Waals surface area contributed by atoms with E-state index in [4.69, 9.17) is 48.8 Å². The number of esters is 1. The van der Waals surface area contributed by atoms with Crippen LogP contribution in [0.3, 0.4) is 0 Å². The molecule has 0 fully saturated rings. The molecule has 0 saturated carbocycles. The average molecular weight is 394 g/mol. The van der Waals surface area contributed by atoms with Gasteiger partial charge < -0.3 is 14.0 Å². The lowest BCUT2D eigenvalue weighted by Gasteiger charge is -2.06. The molecule has 128 valence electrons. The number of rotatable bonds is 5. The predicted octanol–water partition coefficient (Wildman–Crippen LogP) is 4.22. The summed E-state index contributed by atoms with van der Waals surface area (Å²) in [5.41, 5.74) is 0.160. The van der Waals surface area contributed by atoms with E-state index in [-0.39, 0.29) is 45.2 Å². The number of methoxy groups -OCH3 is 1. The number of amides is 1. The summed E-state index contributed by atoms with van der Waals surface area (Å²) in [6.45, 7) is -0.0156. The van der Waals surface area contributed by atoms with E-state index in [0.717, 1.165) is 0 Å². The van der Waals surface area contributed by atoms with Gasteiger partial charge in [-0.3, -0.25) is 5.32 Å². The van der Waals surface area contributed by atoms with Crippen molar-refractivity contribution in [2.45, 2.75) is 0 Å². The molecular weight excluding hydrogens is 383 g/mol. The van der Waals surface area contributed by atoms with E-state index in [1.807, 2.05) is 0 Å². The van der Waals surface area contributed by atoms with Gasteiger partial charge in [0.2, 0.25) is 5.88 Å². The molecule has 7 nitrogen and oxygen atoms in total. The van der Waals surface area contributed by atoms with Crippen LogP contribution >= 0.6 is 34.8 Å². The first-order valence-electron chi connectivity index (χ1n) is 6.51. The Morgan fingerprint density at radius 3 is 2.54 bits per heavy atom. The smallest absolute Gasteiger partial charge is 0.414 e. The molecule has 0 aliphatic carbocycles. The van der Waals surface area contributed by atoms with Crippen LogP contribution in [0, 0.1) is 0 Å². The largest absolute Gasteiger partial charge is 0.465 e. The summed E-state index contributed by atoms with van der Waals surface area (Å²) in [5, 5.41) is 6.52. The summed E-state index contributed by atoms with van der Waals surface area (Å²) < 4.78 is 14.5. The van der Waals surface area contributed by atoms with Gasteiger partial charge in [-0.1, -0.05) is 34.4 Å². The maximum atomic E-state index is 12.1. The molecule has 1 N–H and O–H groups in total. The topological polar surface area (TPSA) is 90.7 Å². The molecule has 0 radical (unpaired) electrons. The van der Waals surface area contributed by atoms with Gasteiger partial charge in [-0.2, -0.15) is 0 Å². The Kier molecular flexibility index (Phi) is 6.30. The lowest BCUT2D eigenvalue weighted by Crippen LogP contribution is -2.16. The monoisotopic (exact) mass is 392 g/mol. The van der Waals surface area contributed by atoms with Crippen molar-refractivity contribution in [3.05, 3.63) is 33.8 Å². The molecule has 0 atom stereocenters. The number of halogens is 3. The van der Waals surface area contributed by atoms with Crippen molar-refractivity contribution in [3.8, 4) is 11.3 Å². The van der Waals surface area contributed by atoms with Crippen molar-refractivity contribution >= 4 is 52.7 Å². The van der Waals surface area contributed by atoms with Crippen LogP contribution in [0.15, 0.2) is 22.7 Å². The van der Waals surface area contributed by atoms with E-state index in [9.17, 15) is 9.59 Å². The first-order valence-corrected chi connectivity index (χ1v) is 7.80. The predicted molar refractivity (Wildman–Crippen MR) is 89.0 cm³/mol. The number of aromatic nitrogens is 1. The number of anilines is 1. The summed E-state index contributed by atoms with van der Waals surface area (Å²) in [6.07, 6.45) is -0.867. The van der Waals surface area contributed by atoms with Crippen molar-refractivity contribution in [1.82, 2.24) is 5.16 Å². The van der Waals surface area contributed by atoms with Crippen LogP contribution in [-0.4, -0.2) is 36.8 Å². The summed E-state index contributed by atoms with van der Waals surface area (Å²) >= 11 is 17.7. The summed E-state index contributed by atoms with van der Waals surface area (Å²) in [4.78, 5) is 23.7. The molecular formula is C14H11Cl3N2O5. The van der Waals surface area contributed by atoms with Crippen LogP contribution < -0.4 is 5.32 Å². The highest BCUT2D eigenvalue weighted by atomic mass is 35.5. The fraction of sp³-hybridized carbons (Fsp3) is 0.214. The Morgan fingerprint density at radius 2 is 1.96 bits per heavy atom. The van der Waals surface area contributed by atoms with E-state index in [1.54, 1.807) is 18.2 Å². The molecule has 0 spiro atoms. The van der Waals surface area contributed by atoms with Crippen LogP contribution in [0.2, 0.25) is 10.0 Å². The van der Waals surface area contributed by atoms with E-state index in [2.05, 4.69) is 10.5 Å². The van der Waals surface area contributed by atoms with Gasteiger partial charge in [0, 0.05) is 5.56 Å². The fourth-order valence-electron chi connectivity index (χ4n) is 1.82. The van der Waals surface area contributed by atoms with E-state index >= 15 is 0 Å². The van der Waals surface area contributed by atoms with E-state index in [1.165, 1.54) is 7.11 Å². The van der Waals surface area contributed by atoms with Crippen molar-refractivity contribution < 1.29 is 23.6 Å². The third-order valence-corrected chi connectivity index (χ3v) is 3.59. The van der Waals surface area contributed by atoms with Crippen molar-refractivity contribution in [2.75, 3.05) is 24.9 Å². The molecule has 1 aromatic heterocycles. The Hall–Kier alpha value is -1.96. The minimum atomic E-state index is -0.867. The highest BCUT2D eigenvalue weighted by Gasteiger charge is 2.28. The lowest BCUT2D eigenvalue weighted by atomic mass is 10.1. The van der Waals surface area contributed by atoms with Crippen molar-refractivity contribution in [2.24, 2.45) is 0 Å². The van der Waals surface area contributed by atoms with E-state index < -0.39 is 12.1 Å². The summed E-state index contributed by atoms with van der Waals surface area (Å²) in [6, 6.07) is 4.77. The molecule has 1 amide bonds. The molecule has 2 rings (SSSR count). The first-order chi connectivity index (χ1) is 11.5. The van der Waals surface area contributed by atoms with Gasteiger partial charge in [-0.05, 0) is 12.1 Å². The van der Waals surface area contributed by atoms with Crippen LogP contribution in [0.5, 0.6) is 0 Å². The van der Waals surface area contributed by atoms with Crippen LogP contribution in [0.4, 0.5) is 10.7 Å². The molecule has 0 aliphatic rings. The van der Waals surface area contributed by atoms with Gasteiger partial charge in [0.05, 0.1) is 23.0 Å². The fourth-order valence-corrected chi connectivity index (χ4v) is 2.48. The second-order valence-corrected chi connectivity index (χ2v) is 5.47. The van der Waals surface area contributed by atoms with Crippen LogP contribution in [-0.2, 0) is 9.47 Å². The van der Waals surface area contributed by atoms with Crippen LogP contribution in [0.25, 0.3) is 11.3 Å². The standard InChI is InChI=1S/C14H11Cl3N2O5/c1-22-13(20)10-11(9-7(16)3-2-4-8(9)17)19-24-12(10)18-14(21)23-6-5-15/h2-4H,5-6H2,1H3,(H,18,21). The van der Waals surface area contributed by atoms with Crippen LogP contribution in [0.1, 0.15) is 10.4 Å². The zero-order valence-corrected chi connectivity index (χ0v) is 14.5. The quantitative estimate of drug-likeness (QED) is 0.604. The minimum Gasteiger partial charge on any atom is -0.465 e. The number of carbonyl (C=O) groups excluding carboxylic acids is 2. The highest BCUT2D eigenvalue weighted by molar-refractivity contribution is 6.39. The second-order valence-electron chi connectivity index (χ2n) is 4.27. The molecule has 0 unspecified atom stereocenters. The molecule has 0 aliphatic heterocycles. The lowest BCUT2D eigenvalue weighted by molar-refractivity contribution is 0.0602. The zero-order valence-electron chi connectivity index (χ0n) is 12.3. The first kappa shape index (κ1) is 18.4. The Balaban J connectivity index is 2.47.